The lowest BCUT2D eigenvalue weighted by molar-refractivity contribution is 0.0727. The molecule has 0 unspecified atom stereocenters. The number of hydrogen-bond acceptors (Lipinski definition) is 4. The Bertz CT molecular complexity index is 1230. The molecule has 5 rings (SSSR count). The molecule has 0 bridgehead atoms. The molecule has 32 heavy (non-hydrogen) atoms. The topological polar surface area (TPSA) is 91.3 Å². The molecule has 2 aromatic heterocycles. The van der Waals surface area contributed by atoms with Crippen LogP contribution in [-0.4, -0.2) is 56.0 Å². The Kier molecular flexibility index (Phi) is 5.08. The van der Waals surface area contributed by atoms with Crippen molar-refractivity contribution in [3.05, 3.63) is 81.3 Å². The summed E-state index contributed by atoms with van der Waals surface area (Å²) in [6, 6.07) is 7.17. The minimum Gasteiger partial charge on any atom is -0.338 e. The van der Waals surface area contributed by atoms with Crippen molar-refractivity contribution in [1.29, 1.82) is 0 Å². The van der Waals surface area contributed by atoms with Crippen LogP contribution in [0.15, 0.2) is 47.5 Å². The van der Waals surface area contributed by atoms with Crippen LogP contribution in [0.1, 0.15) is 44.8 Å². The zero-order valence-corrected chi connectivity index (χ0v) is 17.4. The quantitative estimate of drug-likeness (QED) is 0.682. The van der Waals surface area contributed by atoms with Crippen LogP contribution in [0.25, 0.3) is 5.69 Å². The van der Waals surface area contributed by atoms with Gasteiger partial charge in [-0.1, -0.05) is 0 Å². The van der Waals surface area contributed by atoms with E-state index in [0.29, 0.717) is 43.0 Å². The molecular weight excluding hydrogens is 413 g/mol. The number of pyridine rings is 1. The number of nitrogens with one attached hydrogen (secondary N) is 1. The zero-order chi connectivity index (χ0) is 22.2. The largest absolute Gasteiger partial charge is 0.338 e. The van der Waals surface area contributed by atoms with E-state index >= 15 is 0 Å². The second-order valence-electron chi connectivity index (χ2n) is 8.11. The van der Waals surface area contributed by atoms with E-state index in [0.717, 1.165) is 18.4 Å². The number of halogens is 1. The van der Waals surface area contributed by atoms with Gasteiger partial charge in [-0.3, -0.25) is 24.0 Å². The predicted octanol–water partition coefficient (Wildman–Crippen LogP) is 2.13. The molecule has 1 aromatic carbocycles. The Labute approximate surface area is 183 Å². The lowest BCUT2D eigenvalue weighted by Crippen LogP contribution is -2.41. The van der Waals surface area contributed by atoms with Gasteiger partial charge in [0.15, 0.2) is 0 Å². The van der Waals surface area contributed by atoms with Gasteiger partial charge in [-0.05, 0) is 60.7 Å². The van der Waals surface area contributed by atoms with E-state index < -0.39 is 11.4 Å². The summed E-state index contributed by atoms with van der Waals surface area (Å²) in [5, 5.41) is 6.52. The lowest BCUT2D eigenvalue weighted by Gasteiger charge is -2.31. The number of aromatic nitrogens is 3. The molecule has 4 heterocycles. The first-order valence-corrected chi connectivity index (χ1v) is 10.6. The van der Waals surface area contributed by atoms with E-state index in [2.05, 4.69) is 10.2 Å². The number of H-pyrrole nitrogens is 1. The van der Waals surface area contributed by atoms with Crippen LogP contribution < -0.4 is 5.56 Å². The monoisotopic (exact) mass is 435 g/mol. The van der Waals surface area contributed by atoms with E-state index in [1.165, 1.54) is 35.0 Å². The molecule has 2 aliphatic heterocycles. The van der Waals surface area contributed by atoms with Gasteiger partial charge in [0.05, 0.1) is 0 Å². The number of rotatable bonds is 3. The molecular formula is C23H22FN5O3. The van der Waals surface area contributed by atoms with Crippen molar-refractivity contribution < 1.29 is 14.0 Å². The van der Waals surface area contributed by atoms with Gasteiger partial charge in [0, 0.05) is 44.3 Å². The van der Waals surface area contributed by atoms with Gasteiger partial charge < -0.3 is 9.80 Å². The number of carbonyl (C=O) groups is 2. The molecule has 0 radical (unpaired) electrons. The maximum Gasteiger partial charge on any atom is 0.272 e. The first-order chi connectivity index (χ1) is 15.5. The standard InChI is InChI=1S/C23H22FN5O3/c24-16-3-5-17(6-4-16)29-14-15-13-28(21(30)19-7-9-25-26-19)12-8-18(15)20(23(29)32)22(31)27-10-1-2-11-27/h3-7,9,14H,1-2,8,10-13H2,(H,25,26). The number of amides is 2. The molecule has 2 amide bonds. The highest BCUT2D eigenvalue weighted by molar-refractivity contribution is 5.96. The van der Waals surface area contributed by atoms with Crippen LogP contribution in [0, 0.1) is 5.82 Å². The van der Waals surface area contributed by atoms with Crippen LogP contribution in [0.2, 0.25) is 0 Å². The molecule has 0 aliphatic carbocycles. The summed E-state index contributed by atoms with van der Waals surface area (Å²) in [5.74, 6) is -0.877. The maximum absolute atomic E-state index is 13.5. The van der Waals surface area contributed by atoms with Gasteiger partial charge in [-0.25, -0.2) is 4.39 Å². The molecule has 0 spiro atoms. The highest BCUT2D eigenvalue weighted by Crippen LogP contribution is 2.25. The molecule has 1 saturated heterocycles. The van der Waals surface area contributed by atoms with Crippen molar-refractivity contribution in [1.82, 2.24) is 24.6 Å². The molecule has 2 aliphatic rings. The summed E-state index contributed by atoms with van der Waals surface area (Å²) in [6.45, 7) is 1.91. The third-order valence-electron chi connectivity index (χ3n) is 6.13. The fourth-order valence-electron chi connectivity index (χ4n) is 4.47. The summed E-state index contributed by atoms with van der Waals surface area (Å²) >= 11 is 0. The molecule has 3 aromatic rings. The van der Waals surface area contributed by atoms with Crippen molar-refractivity contribution in [2.24, 2.45) is 0 Å². The Balaban J connectivity index is 1.60. The second-order valence-corrected chi connectivity index (χ2v) is 8.11. The first-order valence-electron chi connectivity index (χ1n) is 10.6. The maximum atomic E-state index is 13.5. The van der Waals surface area contributed by atoms with Crippen molar-refractivity contribution in [2.75, 3.05) is 19.6 Å². The van der Waals surface area contributed by atoms with Crippen LogP contribution in [0.4, 0.5) is 4.39 Å². The van der Waals surface area contributed by atoms with E-state index in [4.69, 9.17) is 0 Å². The van der Waals surface area contributed by atoms with Crippen LogP contribution in [0.3, 0.4) is 0 Å². The zero-order valence-electron chi connectivity index (χ0n) is 17.4. The average Bonchev–Trinajstić information content (AvgIpc) is 3.53. The first kappa shape index (κ1) is 20.2. The third kappa shape index (κ3) is 3.49. The molecule has 164 valence electrons. The third-order valence-corrected chi connectivity index (χ3v) is 6.13. The summed E-state index contributed by atoms with van der Waals surface area (Å²) < 4.78 is 14.8. The average molecular weight is 435 g/mol. The van der Waals surface area contributed by atoms with Crippen molar-refractivity contribution >= 4 is 11.8 Å². The fraction of sp³-hybridized carbons (Fsp3) is 0.304. The number of fused-ring (bicyclic) bond motifs is 1. The van der Waals surface area contributed by atoms with E-state index in [1.54, 1.807) is 22.1 Å². The minimum absolute atomic E-state index is 0.155. The SMILES string of the molecule is O=C(c1ccn[nH]1)N1CCc2c(cn(-c3ccc(F)cc3)c(=O)c2C(=O)N2CCCC2)C1. The van der Waals surface area contributed by atoms with E-state index in [-0.39, 0.29) is 23.9 Å². The van der Waals surface area contributed by atoms with Crippen molar-refractivity contribution in [3.8, 4) is 5.69 Å². The Hall–Kier alpha value is -3.75. The molecule has 9 heteroatoms. The van der Waals surface area contributed by atoms with Crippen molar-refractivity contribution in [3.63, 3.8) is 0 Å². The minimum atomic E-state index is -0.416. The van der Waals surface area contributed by atoms with Gasteiger partial charge in [-0.15, -0.1) is 0 Å². The normalized spacial score (nSPS) is 15.7. The van der Waals surface area contributed by atoms with Crippen LogP contribution in [-0.2, 0) is 13.0 Å². The van der Waals surface area contributed by atoms with Gasteiger partial charge >= 0.3 is 0 Å². The molecule has 0 atom stereocenters. The lowest BCUT2D eigenvalue weighted by atomic mass is 9.95. The number of likely N-dealkylation sites (tertiary alicyclic amines) is 1. The summed E-state index contributed by atoms with van der Waals surface area (Å²) in [7, 11) is 0. The number of benzene rings is 1. The highest BCUT2D eigenvalue weighted by Gasteiger charge is 2.31. The molecule has 8 nitrogen and oxygen atoms in total. The summed E-state index contributed by atoms with van der Waals surface area (Å²) in [6.07, 6.45) is 5.42. The molecule has 0 saturated carbocycles. The Morgan fingerprint density at radius 2 is 1.72 bits per heavy atom. The fourth-order valence-corrected chi connectivity index (χ4v) is 4.47. The summed E-state index contributed by atoms with van der Waals surface area (Å²) in [4.78, 5) is 43.0. The molecule has 1 fully saturated rings. The smallest absolute Gasteiger partial charge is 0.272 e. The van der Waals surface area contributed by atoms with Crippen LogP contribution in [0.5, 0.6) is 0 Å². The van der Waals surface area contributed by atoms with Crippen LogP contribution >= 0.6 is 0 Å². The van der Waals surface area contributed by atoms with Crippen molar-refractivity contribution in [2.45, 2.75) is 25.8 Å². The van der Waals surface area contributed by atoms with Gasteiger partial charge in [0.1, 0.15) is 17.1 Å². The van der Waals surface area contributed by atoms with E-state index in [1.807, 2.05) is 0 Å². The van der Waals surface area contributed by atoms with E-state index in [9.17, 15) is 18.8 Å². The number of nitrogens with zero attached hydrogens (tertiary/aromatic N) is 4. The second kappa shape index (κ2) is 8.07. The highest BCUT2D eigenvalue weighted by atomic mass is 19.1. The van der Waals surface area contributed by atoms with Gasteiger partial charge in [-0.2, -0.15) is 5.10 Å². The number of carbonyl (C=O) groups excluding carboxylic acids is 2. The summed E-state index contributed by atoms with van der Waals surface area (Å²) in [5.41, 5.74) is 2.01. The Morgan fingerprint density at radius 1 is 0.969 bits per heavy atom. The van der Waals surface area contributed by atoms with Gasteiger partial charge in [0.25, 0.3) is 17.4 Å². The number of hydrogen-bond donors (Lipinski definition) is 1. The van der Waals surface area contributed by atoms with Gasteiger partial charge in [0.2, 0.25) is 0 Å². The predicted molar refractivity (Wildman–Crippen MR) is 114 cm³/mol. The molecule has 1 N–H and O–H groups in total. The number of aromatic amines is 1. The Morgan fingerprint density at radius 3 is 2.41 bits per heavy atom.